The smallest absolute Gasteiger partial charge is 0.396 e. The van der Waals surface area contributed by atoms with Gasteiger partial charge in [0.15, 0.2) is 5.82 Å². The van der Waals surface area contributed by atoms with Gasteiger partial charge >= 0.3 is 6.18 Å². The molecule has 0 bridgehead atoms. The first kappa shape index (κ1) is 11.4. The largest absolute Gasteiger partial charge is 0.416 e. The minimum absolute atomic E-state index is 0.213. The van der Waals surface area contributed by atoms with Crippen molar-refractivity contribution in [3.63, 3.8) is 0 Å². The molecule has 2 rings (SSSR count). The molecule has 0 aliphatic heterocycles. The molecule has 0 aliphatic rings. The lowest BCUT2D eigenvalue weighted by atomic mass is 10.1. The van der Waals surface area contributed by atoms with Gasteiger partial charge in [0.05, 0.1) is 23.6 Å². The molecule has 1 heterocycles. The van der Waals surface area contributed by atoms with E-state index in [9.17, 15) is 13.2 Å². The Hall–Kier alpha value is -2.11. The lowest BCUT2D eigenvalue weighted by molar-refractivity contribution is -0.137. The molecule has 0 saturated carbocycles. The maximum absolute atomic E-state index is 12.5. The van der Waals surface area contributed by atoms with Crippen molar-refractivity contribution in [2.24, 2.45) is 0 Å². The molecule has 0 atom stereocenters. The fourth-order valence-electron chi connectivity index (χ4n) is 1.32. The van der Waals surface area contributed by atoms with Crippen LogP contribution in [0.25, 0.3) is 11.4 Å². The SMILES string of the molecule is Nc1cnc(-c2cccc(C(F)(F)F)c2)nc1. The Labute approximate surface area is 95.1 Å². The summed E-state index contributed by atoms with van der Waals surface area (Å²) in [6.07, 6.45) is -1.67. The molecular formula is C11H8F3N3. The molecule has 0 amide bonds. The molecule has 0 spiro atoms. The van der Waals surface area contributed by atoms with Gasteiger partial charge in [0, 0.05) is 5.56 Å². The van der Waals surface area contributed by atoms with Gasteiger partial charge in [-0.15, -0.1) is 0 Å². The zero-order valence-corrected chi connectivity index (χ0v) is 8.57. The average Bonchev–Trinajstić information content (AvgIpc) is 2.29. The Morgan fingerprint density at radius 1 is 1.06 bits per heavy atom. The third kappa shape index (κ3) is 2.52. The number of benzene rings is 1. The van der Waals surface area contributed by atoms with Crippen molar-refractivity contribution in [2.75, 3.05) is 5.73 Å². The van der Waals surface area contributed by atoms with Crippen LogP contribution in [0.5, 0.6) is 0 Å². The van der Waals surface area contributed by atoms with E-state index in [0.29, 0.717) is 11.3 Å². The Balaban J connectivity index is 2.43. The Kier molecular flexibility index (Phi) is 2.71. The van der Waals surface area contributed by atoms with Gasteiger partial charge in [-0.25, -0.2) is 9.97 Å². The van der Waals surface area contributed by atoms with Gasteiger partial charge in [-0.2, -0.15) is 13.2 Å². The number of nitrogens with two attached hydrogens (primary N) is 1. The van der Waals surface area contributed by atoms with E-state index in [2.05, 4.69) is 9.97 Å². The number of nitrogens with zero attached hydrogens (tertiary/aromatic N) is 2. The fraction of sp³-hybridized carbons (Fsp3) is 0.0909. The number of halogens is 3. The maximum atomic E-state index is 12.5. The van der Waals surface area contributed by atoms with Crippen LogP contribution in [-0.4, -0.2) is 9.97 Å². The van der Waals surface area contributed by atoms with Gasteiger partial charge in [0.1, 0.15) is 0 Å². The minimum Gasteiger partial charge on any atom is -0.396 e. The number of aromatic nitrogens is 2. The second kappa shape index (κ2) is 4.04. The quantitative estimate of drug-likeness (QED) is 0.832. The molecule has 1 aromatic heterocycles. The van der Waals surface area contributed by atoms with Crippen molar-refractivity contribution < 1.29 is 13.2 Å². The topological polar surface area (TPSA) is 51.8 Å². The third-order valence-electron chi connectivity index (χ3n) is 2.12. The molecule has 88 valence electrons. The van der Waals surface area contributed by atoms with Crippen LogP contribution in [0, 0.1) is 0 Å². The standard InChI is InChI=1S/C11H8F3N3/c12-11(13,14)8-3-1-2-7(4-8)10-16-5-9(15)6-17-10/h1-6H,15H2. The lowest BCUT2D eigenvalue weighted by Gasteiger charge is -2.07. The Morgan fingerprint density at radius 2 is 1.71 bits per heavy atom. The van der Waals surface area contributed by atoms with Crippen LogP contribution < -0.4 is 5.73 Å². The summed E-state index contributed by atoms with van der Waals surface area (Å²) in [7, 11) is 0. The van der Waals surface area contributed by atoms with Crippen molar-refractivity contribution in [2.45, 2.75) is 6.18 Å². The Bertz CT molecular complexity index is 520. The molecule has 2 N–H and O–H groups in total. The van der Waals surface area contributed by atoms with Gasteiger partial charge in [-0.3, -0.25) is 0 Å². The molecule has 1 aromatic carbocycles. The average molecular weight is 239 g/mol. The summed E-state index contributed by atoms with van der Waals surface area (Å²) in [6.45, 7) is 0. The van der Waals surface area contributed by atoms with E-state index >= 15 is 0 Å². The summed E-state index contributed by atoms with van der Waals surface area (Å²) in [4.78, 5) is 7.74. The maximum Gasteiger partial charge on any atom is 0.416 e. The number of rotatable bonds is 1. The molecule has 0 aliphatic carbocycles. The van der Waals surface area contributed by atoms with E-state index in [1.54, 1.807) is 0 Å². The van der Waals surface area contributed by atoms with E-state index in [0.717, 1.165) is 12.1 Å². The van der Waals surface area contributed by atoms with Crippen molar-refractivity contribution >= 4 is 5.69 Å². The van der Waals surface area contributed by atoms with E-state index in [1.165, 1.54) is 24.5 Å². The highest BCUT2D eigenvalue weighted by Crippen LogP contribution is 2.31. The molecule has 0 saturated heterocycles. The van der Waals surface area contributed by atoms with E-state index in [1.807, 2.05) is 0 Å². The van der Waals surface area contributed by atoms with Crippen LogP contribution in [0.3, 0.4) is 0 Å². The highest BCUT2D eigenvalue weighted by Gasteiger charge is 2.30. The van der Waals surface area contributed by atoms with Gasteiger partial charge < -0.3 is 5.73 Å². The fourth-order valence-corrected chi connectivity index (χ4v) is 1.32. The predicted molar refractivity (Wildman–Crippen MR) is 56.9 cm³/mol. The highest BCUT2D eigenvalue weighted by molar-refractivity contribution is 5.57. The van der Waals surface area contributed by atoms with Crippen LogP contribution in [0.4, 0.5) is 18.9 Å². The monoisotopic (exact) mass is 239 g/mol. The summed E-state index contributed by atoms with van der Waals surface area (Å²) in [5.74, 6) is 0.213. The molecule has 17 heavy (non-hydrogen) atoms. The van der Waals surface area contributed by atoms with Crippen molar-refractivity contribution in [1.82, 2.24) is 9.97 Å². The van der Waals surface area contributed by atoms with E-state index < -0.39 is 11.7 Å². The van der Waals surface area contributed by atoms with Gasteiger partial charge in [0.2, 0.25) is 0 Å². The van der Waals surface area contributed by atoms with Crippen LogP contribution >= 0.6 is 0 Å². The first-order valence-corrected chi connectivity index (χ1v) is 4.72. The van der Waals surface area contributed by atoms with Gasteiger partial charge in [0.25, 0.3) is 0 Å². The van der Waals surface area contributed by atoms with Gasteiger partial charge in [-0.1, -0.05) is 12.1 Å². The minimum atomic E-state index is -4.37. The normalized spacial score (nSPS) is 11.5. The summed E-state index contributed by atoms with van der Waals surface area (Å²) in [5, 5.41) is 0. The third-order valence-corrected chi connectivity index (χ3v) is 2.12. The number of hydrogen-bond acceptors (Lipinski definition) is 3. The molecule has 6 heteroatoms. The molecule has 3 nitrogen and oxygen atoms in total. The molecular weight excluding hydrogens is 231 g/mol. The van der Waals surface area contributed by atoms with E-state index in [4.69, 9.17) is 5.73 Å². The Morgan fingerprint density at radius 3 is 2.29 bits per heavy atom. The summed E-state index contributed by atoms with van der Waals surface area (Å²) >= 11 is 0. The molecule has 0 fully saturated rings. The second-order valence-electron chi connectivity index (χ2n) is 3.42. The summed E-state index contributed by atoms with van der Waals surface area (Å²) in [6, 6.07) is 4.84. The predicted octanol–water partition coefficient (Wildman–Crippen LogP) is 2.74. The first-order valence-electron chi connectivity index (χ1n) is 4.72. The van der Waals surface area contributed by atoms with Gasteiger partial charge in [-0.05, 0) is 12.1 Å². The van der Waals surface area contributed by atoms with Crippen LogP contribution in [0.1, 0.15) is 5.56 Å². The number of nitrogen functional groups attached to an aromatic ring is 1. The lowest BCUT2D eigenvalue weighted by Crippen LogP contribution is -2.04. The summed E-state index contributed by atoms with van der Waals surface area (Å²) in [5.41, 5.74) is 5.34. The van der Waals surface area contributed by atoms with Crippen LogP contribution in [0.2, 0.25) is 0 Å². The number of alkyl halides is 3. The highest BCUT2D eigenvalue weighted by atomic mass is 19.4. The summed E-state index contributed by atoms with van der Waals surface area (Å²) < 4.78 is 37.5. The number of hydrogen-bond donors (Lipinski definition) is 1. The van der Waals surface area contributed by atoms with Crippen LogP contribution in [-0.2, 0) is 6.18 Å². The molecule has 0 unspecified atom stereocenters. The van der Waals surface area contributed by atoms with Crippen molar-refractivity contribution in [1.29, 1.82) is 0 Å². The van der Waals surface area contributed by atoms with E-state index in [-0.39, 0.29) is 5.82 Å². The number of anilines is 1. The zero-order valence-electron chi connectivity index (χ0n) is 8.57. The molecule has 0 radical (unpaired) electrons. The zero-order chi connectivity index (χ0) is 12.5. The first-order chi connectivity index (χ1) is 7.97. The van der Waals surface area contributed by atoms with Crippen molar-refractivity contribution in [3.8, 4) is 11.4 Å². The van der Waals surface area contributed by atoms with Crippen LogP contribution in [0.15, 0.2) is 36.7 Å². The molecule has 2 aromatic rings. The second-order valence-corrected chi connectivity index (χ2v) is 3.42. The van der Waals surface area contributed by atoms with Crippen molar-refractivity contribution in [3.05, 3.63) is 42.2 Å².